The Morgan fingerprint density at radius 1 is 1.46 bits per heavy atom. The topological polar surface area (TPSA) is 29.5 Å². The third-order valence-corrected chi connectivity index (χ3v) is 4.22. The number of ether oxygens (including phenoxy) is 1. The second kappa shape index (κ2) is 3.58. The van der Waals surface area contributed by atoms with E-state index in [-0.39, 0.29) is 5.41 Å². The van der Waals surface area contributed by atoms with E-state index in [4.69, 9.17) is 4.74 Å². The van der Waals surface area contributed by atoms with Gasteiger partial charge in [-0.15, -0.1) is 0 Å². The summed E-state index contributed by atoms with van der Waals surface area (Å²) in [6.07, 6.45) is 6.41. The summed E-state index contributed by atoms with van der Waals surface area (Å²) in [5.41, 5.74) is 0.235. The van der Waals surface area contributed by atoms with Crippen molar-refractivity contribution >= 4 is 0 Å². The summed E-state index contributed by atoms with van der Waals surface area (Å²) in [7, 11) is 1.75. The Kier molecular flexibility index (Phi) is 2.61. The maximum Gasteiger partial charge on any atom is 0.0491 e. The molecule has 1 N–H and O–H groups in total. The molecule has 0 aliphatic heterocycles. The van der Waals surface area contributed by atoms with E-state index in [0.29, 0.717) is 6.61 Å². The van der Waals surface area contributed by atoms with Crippen LogP contribution >= 0.6 is 0 Å². The Morgan fingerprint density at radius 2 is 2.31 bits per heavy atom. The van der Waals surface area contributed by atoms with Gasteiger partial charge in [0.25, 0.3) is 0 Å². The fourth-order valence-corrected chi connectivity index (χ4v) is 3.44. The van der Waals surface area contributed by atoms with E-state index in [0.717, 1.165) is 24.9 Å². The van der Waals surface area contributed by atoms with Gasteiger partial charge in [-0.25, -0.2) is 0 Å². The van der Waals surface area contributed by atoms with Crippen LogP contribution < -0.4 is 0 Å². The van der Waals surface area contributed by atoms with Gasteiger partial charge in [-0.1, -0.05) is 6.42 Å². The zero-order chi connectivity index (χ0) is 9.31. The predicted molar refractivity (Wildman–Crippen MR) is 51.5 cm³/mol. The number of rotatable bonds is 4. The molecular formula is C11H20O2. The van der Waals surface area contributed by atoms with Crippen LogP contribution in [0.25, 0.3) is 0 Å². The Hall–Kier alpha value is -0.0800. The minimum Gasteiger partial charge on any atom is -0.396 e. The molecule has 0 aromatic rings. The van der Waals surface area contributed by atoms with Crippen molar-refractivity contribution in [1.82, 2.24) is 0 Å². The average Bonchev–Trinajstić information content (AvgIpc) is 2.74. The lowest BCUT2D eigenvalue weighted by Crippen LogP contribution is -2.33. The highest BCUT2D eigenvalue weighted by Crippen LogP contribution is 2.57. The van der Waals surface area contributed by atoms with Crippen LogP contribution in [0, 0.1) is 17.3 Å². The van der Waals surface area contributed by atoms with E-state index >= 15 is 0 Å². The van der Waals surface area contributed by atoms with Crippen LogP contribution in [0.1, 0.15) is 32.1 Å². The van der Waals surface area contributed by atoms with Crippen molar-refractivity contribution in [2.24, 2.45) is 17.3 Å². The zero-order valence-corrected chi connectivity index (χ0v) is 8.46. The lowest BCUT2D eigenvalue weighted by atomic mass is 9.71. The third kappa shape index (κ3) is 1.50. The Morgan fingerprint density at radius 3 is 2.77 bits per heavy atom. The SMILES string of the molecule is COCCC1(CO)CC2CCC1C2. The van der Waals surface area contributed by atoms with Gasteiger partial charge >= 0.3 is 0 Å². The van der Waals surface area contributed by atoms with Crippen LogP contribution in [-0.2, 0) is 4.74 Å². The molecule has 3 atom stereocenters. The Balaban J connectivity index is 1.99. The molecule has 2 aliphatic carbocycles. The van der Waals surface area contributed by atoms with Gasteiger partial charge in [-0.2, -0.15) is 0 Å². The van der Waals surface area contributed by atoms with Crippen LogP contribution in [0.4, 0.5) is 0 Å². The summed E-state index contributed by atoms with van der Waals surface area (Å²) in [5.74, 6) is 1.70. The largest absolute Gasteiger partial charge is 0.396 e. The molecule has 13 heavy (non-hydrogen) atoms. The first kappa shape index (κ1) is 9.47. The smallest absolute Gasteiger partial charge is 0.0491 e. The van der Waals surface area contributed by atoms with E-state index in [9.17, 15) is 5.11 Å². The van der Waals surface area contributed by atoms with Crippen LogP contribution in [0.5, 0.6) is 0 Å². The highest BCUT2D eigenvalue weighted by Gasteiger charge is 2.49. The standard InChI is InChI=1S/C11H20O2/c1-13-5-4-11(8-12)7-9-2-3-10(11)6-9/h9-10,12H,2-8H2,1H3. The first-order valence-corrected chi connectivity index (χ1v) is 5.40. The number of methoxy groups -OCH3 is 1. The number of fused-ring (bicyclic) bond motifs is 2. The van der Waals surface area contributed by atoms with Gasteiger partial charge < -0.3 is 9.84 Å². The Bertz CT molecular complexity index is 181. The normalized spacial score (nSPS) is 42.9. The van der Waals surface area contributed by atoms with Crippen LogP contribution in [0.2, 0.25) is 0 Å². The summed E-state index contributed by atoms with van der Waals surface area (Å²) < 4.78 is 5.13. The molecule has 0 amide bonds. The summed E-state index contributed by atoms with van der Waals surface area (Å²) >= 11 is 0. The van der Waals surface area contributed by atoms with Crippen LogP contribution in [0.3, 0.4) is 0 Å². The fraction of sp³-hybridized carbons (Fsp3) is 1.00. The molecule has 2 fully saturated rings. The molecule has 2 saturated carbocycles. The lowest BCUT2D eigenvalue weighted by Gasteiger charge is -2.35. The molecule has 0 radical (unpaired) electrons. The van der Waals surface area contributed by atoms with Crippen molar-refractivity contribution in [3.05, 3.63) is 0 Å². The maximum atomic E-state index is 9.51. The van der Waals surface area contributed by atoms with Gasteiger partial charge in [0.05, 0.1) is 0 Å². The van der Waals surface area contributed by atoms with Crippen LogP contribution in [0.15, 0.2) is 0 Å². The van der Waals surface area contributed by atoms with Crippen molar-refractivity contribution in [3.8, 4) is 0 Å². The van der Waals surface area contributed by atoms with Gasteiger partial charge in [0, 0.05) is 20.3 Å². The van der Waals surface area contributed by atoms with Gasteiger partial charge in [-0.3, -0.25) is 0 Å². The van der Waals surface area contributed by atoms with E-state index in [1.807, 2.05) is 0 Å². The summed E-state index contributed by atoms with van der Waals surface area (Å²) in [6.45, 7) is 1.18. The average molecular weight is 184 g/mol. The summed E-state index contributed by atoms with van der Waals surface area (Å²) in [6, 6.07) is 0. The van der Waals surface area contributed by atoms with Crippen molar-refractivity contribution in [3.63, 3.8) is 0 Å². The molecule has 76 valence electrons. The first-order chi connectivity index (χ1) is 6.30. The van der Waals surface area contributed by atoms with E-state index in [1.165, 1.54) is 25.7 Å². The number of hydrogen-bond acceptors (Lipinski definition) is 2. The Labute approximate surface area is 80.3 Å². The molecule has 0 heterocycles. The molecule has 2 rings (SSSR count). The molecule has 2 nitrogen and oxygen atoms in total. The summed E-state index contributed by atoms with van der Waals surface area (Å²) in [4.78, 5) is 0. The van der Waals surface area contributed by atoms with E-state index in [1.54, 1.807) is 7.11 Å². The second-order valence-electron chi connectivity index (χ2n) is 4.84. The highest BCUT2D eigenvalue weighted by molar-refractivity contribution is 4.99. The maximum absolute atomic E-state index is 9.51. The third-order valence-electron chi connectivity index (χ3n) is 4.22. The fourth-order valence-electron chi connectivity index (χ4n) is 3.44. The van der Waals surface area contributed by atoms with Crippen molar-refractivity contribution in [2.45, 2.75) is 32.1 Å². The minimum absolute atomic E-state index is 0.235. The van der Waals surface area contributed by atoms with E-state index in [2.05, 4.69) is 0 Å². The van der Waals surface area contributed by atoms with Gasteiger partial charge in [-0.05, 0) is 42.9 Å². The monoisotopic (exact) mass is 184 g/mol. The number of aliphatic hydroxyl groups excluding tert-OH is 1. The number of hydrogen-bond donors (Lipinski definition) is 1. The highest BCUT2D eigenvalue weighted by atomic mass is 16.5. The molecule has 3 unspecified atom stereocenters. The molecule has 0 spiro atoms. The second-order valence-corrected chi connectivity index (χ2v) is 4.84. The van der Waals surface area contributed by atoms with Crippen molar-refractivity contribution in [1.29, 1.82) is 0 Å². The van der Waals surface area contributed by atoms with Crippen molar-refractivity contribution in [2.75, 3.05) is 20.3 Å². The molecule has 0 aromatic heterocycles. The minimum atomic E-state index is 0.235. The molecule has 2 bridgehead atoms. The summed E-state index contributed by atoms with van der Waals surface area (Å²) in [5, 5.41) is 9.51. The zero-order valence-electron chi connectivity index (χ0n) is 8.46. The quantitative estimate of drug-likeness (QED) is 0.722. The molecular weight excluding hydrogens is 164 g/mol. The van der Waals surface area contributed by atoms with Crippen LogP contribution in [-0.4, -0.2) is 25.4 Å². The predicted octanol–water partition coefficient (Wildman–Crippen LogP) is 1.82. The molecule has 0 saturated heterocycles. The lowest BCUT2D eigenvalue weighted by molar-refractivity contribution is 0.0301. The molecule has 2 aliphatic rings. The van der Waals surface area contributed by atoms with Gasteiger partial charge in [0.15, 0.2) is 0 Å². The molecule has 2 heteroatoms. The van der Waals surface area contributed by atoms with Gasteiger partial charge in [0.1, 0.15) is 0 Å². The van der Waals surface area contributed by atoms with Crippen molar-refractivity contribution < 1.29 is 9.84 Å². The van der Waals surface area contributed by atoms with E-state index < -0.39 is 0 Å². The first-order valence-electron chi connectivity index (χ1n) is 5.40. The van der Waals surface area contributed by atoms with Gasteiger partial charge in [0.2, 0.25) is 0 Å². The molecule has 0 aromatic carbocycles. The number of aliphatic hydroxyl groups is 1.